The summed E-state index contributed by atoms with van der Waals surface area (Å²) in [4.78, 5) is 12.8. The van der Waals surface area contributed by atoms with Crippen LogP contribution in [0, 0.1) is 6.92 Å². The van der Waals surface area contributed by atoms with Crippen LogP contribution in [0.1, 0.15) is 48.0 Å². The molecule has 0 spiro atoms. The Morgan fingerprint density at radius 3 is 2.29 bits per heavy atom. The molecule has 0 saturated heterocycles. The van der Waals surface area contributed by atoms with Crippen molar-refractivity contribution in [2.75, 3.05) is 7.11 Å². The van der Waals surface area contributed by atoms with Crippen molar-refractivity contribution in [1.29, 1.82) is 0 Å². The first-order valence-corrected chi connectivity index (χ1v) is 9.28. The molecule has 0 unspecified atom stereocenters. The quantitative estimate of drug-likeness (QED) is 0.687. The van der Waals surface area contributed by atoms with E-state index in [2.05, 4.69) is 43.4 Å². The fourth-order valence-corrected chi connectivity index (χ4v) is 2.97. The average Bonchev–Trinajstić information content (AvgIpc) is 3.07. The van der Waals surface area contributed by atoms with Gasteiger partial charge in [0, 0.05) is 12.1 Å². The van der Waals surface area contributed by atoms with Crippen LogP contribution in [0.15, 0.2) is 53.1 Å². The van der Waals surface area contributed by atoms with Crippen LogP contribution in [0.2, 0.25) is 0 Å². The molecule has 0 atom stereocenters. The van der Waals surface area contributed by atoms with Gasteiger partial charge in [-0.3, -0.25) is 4.79 Å². The number of hydrogen-bond acceptors (Lipinski definition) is 4. The average molecular weight is 378 g/mol. The van der Waals surface area contributed by atoms with E-state index in [0.29, 0.717) is 23.6 Å². The lowest BCUT2D eigenvalue weighted by Gasteiger charge is -2.18. The van der Waals surface area contributed by atoms with E-state index in [1.165, 1.54) is 5.56 Å². The van der Waals surface area contributed by atoms with Crippen molar-refractivity contribution in [3.05, 3.63) is 70.9 Å². The molecule has 1 N–H and O–H groups in total. The fraction of sp³-hybridized carbons (Fsp3) is 0.304. The molecule has 3 aromatic rings. The van der Waals surface area contributed by atoms with Crippen LogP contribution in [-0.2, 0) is 12.0 Å². The van der Waals surface area contributed by atoms with Crippen LogP contribution < -0.4 is 10.1 Å². The maximum atomic E-state index is 12.8. The van der Waals surface area contributed by atoms with Gasteiger partial charge in [0.05, 0.1) is 12.8 Å². The monoisotopic (exact) mass is 378 g/mol. The number of amides is 1. The Kier molecular flexibility index (Phi) is 5.54. The molecule has 5 heteroatoms. The van der Waals surface area contributed by atoms with Crippen LogP contribution in [0.3, 0.4) is 0 Å². The molecule has 1 heterocycles. The number of rotatable bonds is 5. The minimum Gasteiger partial charge on any atom is -0.497 e. The van der Waals surface area contributed by atoms with Crippen LogP contribution in [-0.4, -0.2) is 18.2 Å². The summed E-state index contributed by atoms with van der Waals surface area (Å²) in [6.07, 6.45) is 0. The smallest absolute Gasteiger partial charge is 0.257 e. The van der Waals surface area contributed by atoms with Gasteiger partial charge >= 0.3 is 0 Å². The van der Waals surface area contributed by atoms with Crippen LogP contribution >= 0.6 is 0 Å². The molecule has 2 aromatic carbocycles. The van der Waals surface area contributed by atoms with Crippen molar-refractivity contribution in [2.45, 2.75) is 39.7 Å². The highest BCUT2D eigenvalue weighted by atomic mass is 16.5. The van der Waals surface area contributed by atoms with Crippen LogP contribution in [0.4, 0.5) is 0 Å². The first kappa shape index (κ1) is 19.7. The molecule has 1 amide bonds. The van der Waals surface area contributed by atoms with Crippen molar-refractivity contribution in [1.82, 2.24) is 10.5 Å². The maximum absolute atomic E-state index is 12.8. The van der Waals surface area contributed by atoms with E-state index >= 15 is 0 Å². The van der Waals surface area contributed by atoms with Gasteiger partial charge in [-0.1, -0.05) is 62.3 Å². The molecule has 0 aliphatic carbocycles. The van der Waals surface area contributed by atoms with Gasteiger partial charge in [0.25, 0.3) is 5.91 Å². The van der Waals surface area contributed by atoms with Gasteiger partial charge < -0.3 is 14.6 Å². The number of hydrogen-bond donors (Lipinski definition) is 1. The molecule has 0 aliphatic rings. The zero-order valence-electron chi connectivity index (χ0n) is 17.0. The second-order valence-electron chi connectivity index (χ2n) is 7.83. The van der Waals surface area contributed by atoms with Crippen molar-refractivity contribution >= 4 is 5.91 Å². The van der Waals surface area contributed by atoms with E-state index in [-0.39, 0.29) is 11.3 Å². The summed E-state index contributed by atoms with van der Waals surface area (Å²) in [5, 5.41) is 6.96. The molecule has 0 bridgehead atoms. The Morgan fingerprint density at radius 2 is 1.71 bits per heavy atom. The SMILES string of the molecule is COc1ccc(CNC(=O)c2c(C)noc2-c2ccc(C(C)(C)C)cc2)cc1. The standard InChI is InChI=1S/C23H26N2O3/c1-15-20(22(26)24-14-16-6-12-19(27-5)13-7-16)21(28-25-15)17-8-10-18(11-9-17)23(2,3)4/h6-13H,14H2,1-5H3,(H,24,26). The van der Waals surface area contributed by atoms with E-state index in [9.17, 15) is 4.79 Å². The van der Waals surface area contributed by atoms with Gasteiger partial charge in [-0.25, -0.2) is 0 Å². The molecule has 0 saturated carbocycles. The third-order valence-corrected chi connectivity index (χ3v) is 4.72. The van der Waals surface area contributed by atoms with Gasteiger partial charge in [0.15, 0.2) is 5.76 Å². The number of carbonyl (C=O) groups is 1. The number of methoxy groups -OCH3 is 1. The highest BCUT2D eigenvalue weighted by Gasteiger charge is 2.22. The molecule has 28 heavy (non-hydrogen) atoms. The lowest BCUT2D eigenvalue weighted by molar-refractivity contribution is 0.0950. The summed E-state index contributed by atoms with van der Waals surface area (Å²) in [6.45, 7) is 8.69. The molecule has 0 radical (unpaired) electrons. The minimum absolute atomic E-state index is 0.0639. The first-order valence-electron chi connectivity index (χ1n) is 9.28. The number of aromatic nitrogens is 1. The van der Waals surface area contributed by atoms with Gasteiger partial charge in [-0.05, 0) is 35.6 Å². The summed E-state index contributed by atoms with van der Waals surface area (Å²) in [7, 11) is 1.63. The predicted molar refractivity (Wildman–Crippen MR) is 110 cm³/mol. The Balaban J connectivity index is 1.78. The zero-order chi connectivity index (χ0) is 20.3. The van der Waals surface area contributed by atoms with Crippen LogP contribution in [0.5, 0.6) is 5.75 Å². The topological polar surface area (TPSA) is 64.4 Å². The predicted octanol–water partition coefficient (Wildman–Crippen LogP) is 4.89. The van der Waals surface area contributed by atoms with Gasteiger partial charge in [-0.2, -0.15) is 0 Å². The maximum Gasteiger partial charge on any atom is 0.257 e. The molecular formula is C23H26N2O3. The highest BCUT2D eigenvalue weighted by Crippen LogP contribution is 2.29. The van der Waals surface area contributed by atoms with Crippen molar-refractivity contribution in [3.63, 3.8) is 0 Å². The molecule has 0 aliphatic heterocycles. The van der Waals surface area contributed by atoms with E-state index in [1.807, 2.05) is 36.4 Å². The lowest BCUT2D eigenvalue weighted by atomic mass is 9.86. The normalized spacial score (nSPS) is 11.3. The summed E-state index contributed by atoms with van der Waals surface area (Å²) < 4.78 is 10.6. The number of nitrogens with one attached hydrogen (secondary N) is 1. The van der Waals surface area contributed by atoms with Crippen LogP contribution in [0.25, 0.3) is 11.3 Å². The zero-order valence-corrected chi connectivity index (χ0v) is 17.0. The first-order chi connectivity index (χ1) is 13.3. The fourth-order valence-electron chi connectivity index (χ4n) is 2.97. The molecule has 5 nitrogen and oxygen atoms in total. The van der Waals surface area contributed by atoms with Gasteiger partial charge in [0.2, 0.25) is 0 Å². The third kappa shape index (κ3) is 4.25. The highest BCUT2D eigenvalue weighted by molar-refractivity contribution is 6.00. The van der Waals surface area contributed by atoms with Crippen molar-refractivity contribution in [2.24, 2.45) is 0 Å². The lowest BCUT2D eigenvalue weighted by Crippen LogP contribution is -2.23. The van der Waals surface area contributed by atoms with E-state index in [0.717, 1.165) is 16.9 Å². The molecule has 146 valence electrons. The molecule has 0 fully saturated rings. The Bertz CT molecular complexity index is 949. The molecule has 1 aromatic heterocycles. The third-order valence-electron chi connectivity index (χ3n) is 4.72. The second-order valence-corrected chi connectivity index (χ2v) is 7.83. The van der Waals surface area contributed by atoms with Gasteiger partial charge in [-0.15, -0.1) is 0 Å². The largest absolute Gasteiger partial charge is 0.497 e. The summed E-state index contributed by atoms with van der Waals surface area (Å²) >= 11 is 0. The summed E-state index contributed by atoms with van der Waals surface area (Å²) in [5.74, 6) is 1.07. The van der Waals surface area contributed by atoms with E-state index in [1.54, 1.807) is 14.0 Å². The number of aryl methyl sites for hydroxylation is 1. The Hall–Kier alpha value is -3.08. The molecular weight excluding hydrogens is 352 g/mol. The summed E-state index contributed by atoms with van der Waals surface area (Å²) in [5.41, 5.74) is 4.15. The number of ether oxygens (including phenoxy) is 1. The summed E-state index contributed by atoms with van der Waals surface area (Å²) in [6, 6.07) is 15.7. The van der Waals surface area contributed by atoms with E-state index < -0.39 is 0 Å². The number of benzene rings is 2. The minimum atomic E-state index is -0.204. The Morgan fingerprint density at radius 1 is 1.07 bits per heavy atom. The Labute approximate surface area is 165 Å². The number of carbonyl (C=O) groups excluding carboxylic acids is 1. The van der Waals surface area contributed by atoms with E-state index in [4.69, 9.17) is 9.26 Å². The van der Waals surface area contributed by atoms with Crippen molar-refractivity contribution < 1.29 is 14.1 Å². The second kappa shape index (κ2) is 7.89. The number of nitrogens with zero attached hydrogens (tertiary/aromatic N) is 1. The van der Waals surface area contributed by atoms with Crippen molar-refractivity contribution in [3.8, 4) is 17.1 Å². The van der Waals surface area contributed by atoms with Gasteiger partial charge in [0.1, 0.15) is 11.3 Å². The molecule has 3 rings (SSSR count).